The molecular formula is C14H28N2O2. The molecule has 0 spiro atoms. The van der Waals surface area contributed by atoms with Crippen LogP contribution in [0.5, 0.6) is 0 Å². The van der Waals surface area contributed by atoms with Crippen molar-refractivity contribution in [2.75, 3.05) is 32.8 Å². The largest absolute Gasteiger partial charge is 0.363 e. The SMILES string of the molecule is CC(C)CN(CC(C)C)C(=O)COC1(C)CNC1. The topological polar surface area (TPSA) is 41.6 Å². The molecule has 106 valence electrons. The summed E-state index contributed by atoms with van der Waals surface area (Å²) in [5.41, 5.74) is -0.142. The average Bonchev–Trinajstić information content (AvgIpc) is 2.21. The molecule has 0 radical (unpaired) electrons. The number of ether oxygens (including phenoxy) is 1. The lowest BCUT2D eigenvalue weighted by Gasteiger charge is -2.39. The highest BCUT2D eigenvalue weighted by atomic mass is 16.5. The molecule has 0 saturated carbocycles. The number of nitrogens with zero attached hydrogens (tertiary/aromatic N) is 1. The van der Waals surface area contributed by atoms with Crippen LogP contribution < -0.4 is 5.32 Å². The third-order valence-electron chi connectivity index (χ3n) is 3.07. The molecule has 4 heteroatoms. The van der Waals surface area contributed by atoms with E-state index in [4.69, 9.17) is 4.74 Å². The van der Waals surface area contributed by atoms with Crippen LogP contribution in [0.1, 0.15) is 34.6 Å². The third-order valence-corrected chi connectivity index (χ3v) is 3.07. The van der Waals surface area contributed by atoms with Crippen LogP contribution in [0.3, 0.4) is 0 Å². The molecule has 1 saturated heterocycles. The molecule has 0 atom stereocenters. The normalized spacial score (nSPS) is 17.9. The van der Waals surface area contributed by atoms with Gasteiger partial charge in [0.05, 0.1) is 5.60 Å². The minimum Gasteiger partial charge on any atom is -0.363 e. The first kappa shape index (κ1) is 15.4. The maximum atomic E-state index is 12.2. The van der Waals surface area contributed by atoms with Gasteiger partial charge in [-0.2, -0.15) is 0 Å². The Balaban J connectivity index is 2.42. The first-order chi connectivity index (χ1) is 8.32. The summed E-state index contributed by atoms with van der Waals surface area (Å²) in [6.07, 6.45) is 0. The molecule has 0 aromatic carbocycles. The Bertz CT molecular complexity index is 263. The van der Waals surface area contributed by atoms with Gasteiger partial charge in [0.15, 0.2) is 0 Å². The van der Waals surface area contributed by atoms with Gasteiger partial charge in [-0.1, -0.05) is 27.7 Å². The standard InChI is InChI=1S/C14H28N2O2/c1-11(2)6-16(7-12(3)4)13(17)8-18-14(5)9-15-10-14/h11-12,15H,6-10H2,1-5H3. The van der Waals surface area contributed by atoms with Gasteiger partial charge >= 0.3 is 0 Å². The van der Waals surface area contributed by atoms with Crippen molar-refractivity contribution in [1.29, 1.82) is 0 Å². The van der Waals surface area contributed by atoms with Crippen molar-refractivity contribution < 1.29 is 9.53 Å². The van der Waals surface area contributed by atoms with E-state index in [0.29, 0.717) is 11.8 Å². The van der Waals surface area contributed by atoms with Crippen molar-refractivity contribution >= 4 is 5.91 Å². The molecule has 1 fully saturated rings. The zero-order chi connectivity index (χ0) is 13.8. The monoisotopic (exact) mass is 256 g/mol. The Morgan fingerprint density at radius 2 is 1.72 bits per heavy atom. The summed E-state index contributed by atoms with van der Waals surface area (Å²) in [6.45, 7) is 14.1. The molecule has 1 heterocycles. The summed E-state index contributed by atoms with van der Waals surface area (Å²) in [7, 11) is 0. The number of rotatable bonds is 7. The first-order valence-corrected chi connectivity index (χ1v) is 6.95. The predicted octanol–water partition coefficient (Wildman–Crippen LogP) is 1.51. The molecule has 1 amide bonds. The lowest BCUT2D eigenvalue weighted by atomic mass is 10.0. The number of hydrogen-bond donors (Lipinski definition) is 1. The Morgan fingerprint density at radius 1 is 1.22 bits per heavy atom. The van der Waals surface area contributed by atoms with Gasteiger partial charge in [-0.15, -0.1) is 0 Å². The van der Waals surface area contributed by atoms with Gasteiger partial charge in [0.2, 0.25) is 5.91 Å². The summed E-state index contributed by atoms with van der Waals surface area (Å²) < 4.78 is 5.72. The number of nitrogens with one attached hydrogen (secondary N) is 1. The van der Waals surface area contributed by atoms with Gasteiger partial charge in [-0.05, 0) is 18.8 Å². The summed E-state index contributed by atoms with van der Waals surface area (Å²) in [5, 5.41) is 3.17. The van der Waals surface area contributed by atoms with E-state index < -0.39 is 0 Å². The summed E-state index contributed by atoms with van der Waals surface area (Å²) in [6, 6.07) is 0. The average molecular weight is 256 g/mol. The van der Waals surface area contributed by atoms with E-state index in [9.17, 15) is 4.79 Å². The number of carbonyl (C=O) groups is 1. The predicted molar refractivity (Wildman–Crippen MR) is 73.5 cm³/mol. The van der Waals surface area contributed by atoms with Crippen LogP contribution in [-0.2, 0) is 9.53 Å². The van der Waals surface area contributed by atoms with Crippen LogP contribution in [0.15, 0.2) is 0 Å². The fourth-order valence-electron chi connectivity index (χ4n) is 2.07. The van der Waals surface area contributed by atoms with Crippen molar-refractivity contribution in [3.05, 3.63) is 0 Å². The highest BCUT2D eigenvalue weighted by Crippen LogP contribution is 2.15. The van der Waals surface area contributed by atoms with Gasteiger partial charge in [0.25, 0.3) is 0 Å². The summed E-state index contributed by atoms with van der Waals surface area (Å²) >= 11 is 0. The zero-order valence-electron chi connectivity index (χ0n) is 12.5. The van der Waals surface area contributed by atoms with Gasteiger partial charge < -0.3 is 15.0 Å². The maximum Gasteiger partial charge on any atom is 0.248 e. The Kier molecular flexibility index (Phi) is 5.60. The molecule has 4 nitrogen and oxygen atoms in total. The van der Waals surface area contributed by atoms with Crippen LogP contribution in [-0.4, -0.2) is 49.2 Å². The maximum absolute atomic E-state index is 12.2. The van der Waals surface area contributed by atoms with Gasteiger partial charge in [0.1, 0.15) is 6.61 Å². The quantitative estimate of drug-likeness (QED) is 0.750. The molecule has 1 aliphatic rings. The van der Waals surface area contributed by atoms with Crippen molar-refractivity contribution in [3.8, 4) is 0 Å². The second-order valence-electron chi connectivity index (χ2n) is 6.43. The molecule has 0 aromatic heterocycles. The number of hydrogen-bond acceptors (Lipinski definition) is 3. The molecule has 1 N–H and O–H groups in total. The van der Waals surface area contributed by atoms with E-state index >= 15 is 0 Å². The van der Waals surface area contributed by atoms with Gasteiger partial charge in [-0.3, -0.25) is 4.79 Å². The molecular weight excluding hydrogens is 228 g/mol. The second-order valence-corrected chi connectivity index (χ2v) is 6.43. The number of amides is 1. The molecule has 1 rings (SSSR count). The lowest BCUT2D eigenvalue weighted by Crippen LogP contribution is -2.59. The van der Waals surface area contributed by atoms with Crippen molar-refractivity contribution in [3.63, 3.8) is 0 Å². The fourth-order valence-corrected chi connectivity index (χ4v) is 2.07. The van der Waals surface area contributed by atoms with E-state index in [0.717, 1.165) is 26.2 Å². The van der Waals surface area contributed by atoms with E-state index in [1.807, 2.05) is 11.8 Å². The summed E-state index contributed by atoms with van der Waals surface area (Å²) in [5.74, 6) is 1.10. The first-order valence-electron chi connectivity index (χ1n) is 6.95. The van der Waals surface area contributed by atoms with Crippen LogP contribution in [0.2, 0.25) is 0 Å². The van der Waals surface area contributed by atoms with E-state index in [1.165, 1.54) is 0 Å². The molecule has 1 aliphatic heterocycles. The molecule has 0 aromatic rings. The highest BCUT2D eigenvalue weighted by Gasteiger charge is 2.33. The minimum absolute atomic E-state index is 0.116. The summed E-state index contributed by atoms with van der Waals surface area (Å²) in [4.78, 5) is 14.1. The molecule has 0 bridgehead atoms. The molecule has 18 heavy (non-hydrogen) atoms. The lowest BCUT2D eigenvalue weighted by molar-refractivity contribution is -0.147. The smallest absolute Gasteiger partial charge is 0.248 e. The van der Waals surface area contributed by atoms with Crippen LogP contribution in [0, 0.1) is 11.8 Å². The fraction of sp³-hybridized carbons (Fsp3) is 0.929. The Labute approximate surface area is 111 Å². The third kappa shape index (κ3) is 4.94. The van der Waals surface area contributed by atoms with Crippen molar-refractivity contribution in [2.24, 2.45) is 11.8 Å². The highest BCUT2D eigenvalue weighted by molar-refractivity contribution is 5.77. The van der Waals surface area contributed by atoms with Gasteiger partial charge in [0, 0.05) is 26.2 Å². The van der Waals surface area contributed by atoms with Crippen molar-refractivity contribution in [2.45, 2.75) is 40.2 Å². The van der Waals surface area contributed by atoms with Crippen molar-refractivity contribution in [1.82, 2.24) is 10.2 Å². The van der Waals surface area contributed by atoms with Crippen LogP contribution in [0.25, 0.3) is 0 Å². The van der Waals surface area contributed by atoms with E-state index in [2.05, 4.69) is 33.0 Å². The van der Waals surface area contributed by atoms with Gasteiger partial charge in [-0.25, -0.2) is 0 Å². The molecule has 0 unspecified atom stereocenters. The Morgan fingerprint density at radius 3 is 2.06 bits per heavy atom. The van der Waals surface area contributed by atoms with Crippen LogP contribution in [0.4, 0.5) is 0 Å². The minimum atomic E-state index is -0.142. The van der Waals surface area contributed by atoms with E-state index in [1.54, 1.807) is 0 Å². The Hall–Kier alpha value is -0.610. The van der Waals surface area contributed by atoms with E-state index in [-0.39, 0.29) is 18.1 Å². The second kappa shape index (κ2) is 6.53. The van der Waals surface area contributed by atoms with Crippen LogP contribution >= 0.6 is 0 Å². The number of carbonyl (C=O) groups excluding carboxylic acids is 1. The zero-order valence-corrected chi connectivity index (χ0v) is 12.5. The molecule has 0 aliphatic carbocycles.